The minimum atomic E-state index is -1.02. The van der Waals surface area contributed by atoms with E-state index in [-0.39, 0.29) is 54.3 Å². The molecule has 51 heavy (non-hydrogen) atoms. The molecule has 1 aromatic rings. The number of likely N-dealkylation sites (tertiary alicyclic amines) is 1. The Bertz CT molecular complexity index is 1300. The molecular weight excluding hydrogens is 671 g/mol. The first-order valence-corrected chi connectivity index (χ1v) is 19.8. The summed E-state index contributed by atoms with van der Waals surface area (Å²) < 4.78 is 5.84. The molecule has 1 saturated heterocycles. The Morgan fingerprint density at radius 2 is 1.76 bits per heavy atom. The summed E-state index contributed by atoms with van der Waals surface area (Å²) in [6, 6.07) is -1.76. The van der Waals surface area contributed by atoms with Crippen LogP contribution in [0.3, 0.4) is 0 Å². The summed E-state index contributed by atoms with van der Waals surface area (Å²) >= 11 is 1.20. The van der Waals surface area contributed by atoms with E-state index in [0.29, 0.717) is 18.0 Å². The quantitative estimate of drug-likeness (QED) is 0.0987. The molecule has 5 unspecified atom stereocenters. The third kappa shape index (κ3) is 13.5. The van der Waals surface area contributed by atoms with Gasteiger partial charge in [-0.2, -0.15) is 0 Å². The van der Waals surface area contributed by atoms with E-state index in [2.05, 4.69) is 27.4 Å². The van der Waals surface area contributed by atoms with Gasteiger partial charge >= 0.3 is 11.9 Å². The van der Waals surface area contributed by atoms with Crippen molar-refractivity contribution in [1.29, 1.82) is 0 Å². The predicted octanol–water partition coefficient (Wildman–Crippen LogP) is 6.21. The first-order chi connectivity index (χ1) is 23.9. The fourth-order valence-corrected chi connectivity index (χ4v) is 7.62. The smallest absolute Gasteiger partial charge is 0.309 e. The van der Waals surface area contributed by atoms with E-state index in [4.69, 9.17) is 4.74 Å². The van der Waals surface area contributed by atoms with Crippen LogP contribution in [0.15, 0.2) is 5.38 Å². The first kappa shape index (κ1) is 44.1. The van der Waals surface area contributed by atoms with Gasteiger partial charge in [-0.05, 0) is 71.9 Å². The molecule has 2 rings (SSSR count). The van der Waals surface area contributed by atoms with Crippen LogP contribution in [0.5, 0.6) is 0 Å². The molecule has 0 bridgehead atoms. The van der Waals surface area contributed by atoms with Crippen LogP contribution in [0.25, 0.3) is 0 Å². The van der Waals surface area contributed by atoms with Gasteiger partial charge in [-0.3, -0.25) is 28.9 Å². The van der Waals surface area contributed by atoms with Crippen molar-refractivity contribution in [2.45, 2.75) is 157 Å². The van der Waals surface area contributed by atoms with Gasteiger partial charge < -0.3 is 25.4 Å². The van der Waals surface area contributed by atoms with Crippen molar-refractivity contribution < 1.29 is 33.8 Å². The maximum Gasteiger partial charge on any atom is 0.309 e. The van der Waals surface area contributed by atoms with Crippen LogP contribution in [-0.4, -0.2) is 93.9 Å². The van der Waals surface area contributed by atoms with Gasteiger partial charge in [0.25, 0.3) is 5.91 Å². The summed E-state index contributed by atoms with van der Waals surface area (Å²) in [5.41, 5.74) is -0.873. The zero-order chi connectivity index (χ0) is 38.5. The van der Waals surface area contributed by atoms with Crippen molar-refractivity contribution in [2.75, 3.05) is 20.1 Å². The number of nitrogens with one attached hydrogen (secondary N) is 2. The largest absolute Gasteiger partial charge is 0.481 e. The Morgan fingerprint density at radius 1 is 1.08 bits per heavy atom. The number of piperidine rings is 1. The number of rotatable bonds is 21. The SMILES string of the molecule is CCCCCCN(C(=O)C(NC(=O)[C@H]1CCCCN1C)C(C)CC)C(CC(OC(C)=O)c1nc(C(=O)NC(C)CC(C)(C)C(=O)O)cs1)C(C)C. The number of nitrogens with zero attached hydrogens (tertiary/aromatic N) is 3. The summed E-state index contributed by atoms with van der Waals surface area (Å²) in [4.78, 5) is 74.1. The number of aliphatic carboxylic acids is 1. The maximum atomic E-state index is 14.7. The molecule has 3 N–H and O–H groups in total. The number of carboxylic acids is 1. The zero-order valence-corrected chi connectivity index (χ0v) is 33.6. The summed E-state index contributed by atoms with van der Waals surface area (Å²) in [5.74, 6) is -2.28. The third-order valence-corrected chi connectivity index (χ3v) is 11.1. The van der Waals surface area contributed by atoms with E-state index < -0.39 is 41.4 Å². The van der Waals surface area contributed by atoms with Gasteiger partial charge in [0, 0.05) is 37.4 Å². The van der Waals surface area contributed by atoms with Crippen LogP contribution in [0.2, 0.25) is 0 Å². The molecule has 1 aromatic heterocycles. The minimum absolute atomic E-state index is 0.0304. The standard InChI is InChI=1S/C38H65N5O7S/c1-11-13-14-16-20-43(36(47)32(25(5)12-2)41-34(46)29-18-15-17-19-42(29)10)30(24(3)4)21-31(50-27(7)44)35-40-28(23-51-35)33(45)39-26(6)22-38(8,9)37(48)49/h23-26,29-32H,11-22H2,1-10H3,(H,39,45)(H,41,46)(H,48,49)/t25?,26?,29-,30?,31?,32?/m1/s1. The molecule has 1 aliphatic rings. The second-order valence-electron chi connectivity index (χ2n) is 15.4. The van der Waals surface area contributed by atoms with E-state index in [1.54, 1.807) is 26.2 Å². The third-order valence-electron chi connectivity index (χ3n) is 10.1. The Balaban J connectivity index is 2.42. The predicted molar refractivity (Wildman–Crippen MR) is 200 cm³/mol. The lowest BCUT2D eigenvalue weighted by atomic mass is 9.86. The number of likely N-dealkylation sites (N-methyl/N-ethyl adjacent to an activating group) is 1. The molecule has 1 fully saturated rings. The topological polar surface area (TPSA) is 158 Å². The van der Waals surface area contributed by atoms with Crippen LogP contribution < -0.4 is 10.6 Å². The van der Waals surface area contributed by atoms with Crippen molar-refractivity contribution in [3.8, 4) is 0 Å². The van der Waals surface area contributed by atoms with Gasteiger partial charge in [-0.15, -0.1) is 11.3 Å². The minimum Gasteiger partial charge on any atom is -0.481 e. The Kier molecular flexibility index (Phi) is 18.0. The molecule has 1 aliphatic heterocycles. The highest BCUT2D eigenvalue weighted by molar-refractivity contribution is 7.09. The highest BCUT2D eigenvalue weighted by atomic mass is 32.1. The Labute approximate surface area is 309 Å². The normalized spacial score (nSPS) is 18.3. The fraction of sp³-hybridized carbons (Fsp3) is 0.789. The molecule has 6 atom stereocenters. The number of unbranched alkanes of at least 4 members (excludes halogenated alkanes) is 3. The first-order valence-electron chi connectivity index (χ1n) is 18.9. The second kappa shape index (κ2) is 20.8. The van der Waals surface area contributed by atoms with Gasteiger partial charge in [0.15, 0.2) is 6.10 Å². The van der Waals surface area contributed by atoms with Crippen molar-refractivity contribution in [3.63, 3.8) is 0 Å². The van der Waals surface area contributed by atoms with E-state index in [1.165, 1.54) is 18.3 Å². The van der Waals surface area contributed by atoms with Crippen molar-refractivity contribution in [1.82, 2.24) is 25.4 Å². The molecule has 12 nitrogen and oxygen atoms in total. The summed E-state index contributed by atoms with van der Waals surface area (Å²) in [5, 5.41) is 17.5. The van der Waals surface area contributed by atoms with Gasteiger partial charge in [0.05, 0.1) is 11.5 Å². The molecule has 3 amide bonds. The number of amides is 3. The van der Waals surface area contributed by atoms with E-state index in [0.717, 1.165) is 51.5 Å². The number of hydrogen-bond acceptors (Lipinski definition) is 9. The summed E-state index contributed by atoms with van der Waals surface area (Å²) in [6.45, 7) is 17.9. The van der Waals surface area contributed by atoms with Gasteiger partial charge in [-0.25, -0.2) is 4.98 Å². The van der Waals surface area contributed by atoms with Gasteiger partial charge in [-0.1, -0.05) is 66.7 Å². The molecule has 0 aliphatic carbocycles. The summed E-state index contributed by atoms with van der Waals surface area (Å²) in [6.07, 6.45) is 7.02. The Hall–Kier alpha value is -3.06. The van der Waals surface area contributed by atoms with E-state index in [9.17, 15) is 29.1 Å². The number of aromatic nitrogens is 1. The second-order valence-corrected chi connectivity index (χ2v) is 16.3. The molecule has 0 radical (unpaired) electrons. The lowest BCUT2D eigenvalue weighted by molar-refractivity contribution is -0.150. The van der Waals surface area contributed by atoms with Gasteiger partial charge in [0.2, 0.25) is 11.8 Å². The van der Waals surface area contributed by atoms with Crippen LogP contribution in [-0.2, 0) is 23.9 Å². The van der Waals surface area contributed by atoms with Crippen LogP contribution >= 0.6 is 11.3 Å². The molecule has 0 aromatic carbocycles. The lowest BCUT2D eigenvalue weighted by Crippen LogP contribution is -2.59. The van der Waals surface area contributed by atoms with E-state index >= 15 is 0 Å². The van der Waals surface area contributed by atoms with Crippen LogP contribution in [0.4, 0.5) is 0 Å². The average molecular weight is 736 g/mol. The highest BCUT2D eigenvalue weighted by Gasteiger charge is 2.39. The van der Waals surface area contributed by atoms with Crippen molar-refractivity contribution in [2.24, 2.45) is 17.3 Å². The van der Waals surface area contributed by atoms with Gasteiger partial charge in [0.1, 0.15) is 16.7 Å². The number of esters is 1. The number of carbonyl (C=O) groups is 5. The number of thiazole rings is 1. The van der Waals surface area contributed by atoms with E-state index in [1.807, 2.05) is 39.6 Å². The van der Waals surface area contributed by atoms with Crippen LogP contribution in [0.1, 0.15) is 148 Å². The number of hydrogen-bond donors (Lipinski definition) is 3. The number of carboxylic acid groups (broad SMARTS) is 1. The van der Waals surface area contributed by atoms with Crippen molar-refractivity contribution >= 4 is 41.0 Å². The zero-order valence-electron chi connectivity index (χ0n) is 32.8. The lowest BCUT2D eigenvalue weighted by Gasteiger charge is -2.40. The average Bonchev–Trinajstić information content (AvgIpc) is 3.55. The molecule has 290 valence electrons. The fourth-order valence-electron chi connectivity index (χ4n) is 6.79. The monoisotopic (exact) mass is 735 g/mol. The molecule has 13 heteroatoms. The molecule has 0 spiro atoms. The maximum absolute atomic E-state index is 14.7. The van der Waals surface area contributed by atoms with Crippen LogP contribution in [0, 0.1) is 17.3 Å². The van der Waals surface area contributed by atoms with Crippen molar-refractivity contribution in [3.05, 3.63) is 16.1 Å². The molecule has 2 heterocycles. The number of ether oxygens (including phenoxy) is 1. The number of carbonyl (C=O) groups excluding carboxylic acids is 4. The summed E-state index contributed by atoms with van der Waals surface area (Å²) in [7, 11) is 1.96. The molecule has 0 saturated carbocycles. The highest BCUT2D eigenvalue weighted by Crippen LogP contribution is 2.32. The Morgan fingerprint density at radius 3 is 2.33 bits per heavy atom. The molecular formula is C38H65N5O7S.